The molecule has 1 aromatic carbocycles. The van der Waals surface area contributed by atoms with Crippen LogP contribution in [0.1, 0.15) is 24.4 Å². The maximum Gasteiger partial charge on any atom is 0.110 e. The second-order valence-electron chi connectivity index (χ2n) is 4.32. The number of aromatic nitrogens is 2. The summed E-state index contributed by atoms with van der Waals surface area (Å²) < 4.78 is 2.13. The third-order valence-electron chi connectivity index (χ3n) is 3.23. The van der Waals surface area contributed by atoms with E-state index >= 15 is 0 Å². The van der Waals surface area contributed by atoms with Gasteiger partial charge in [-0.3, -0.25) is 0 Å². The summed E-state index contributed by atoms with van der Waals surface area (Å²) in [5.74, 6) is 1.04. The molecule has 2 aromatic rings. The van der Waals surface area contributed by atoms with Crippen LogP contribution in [0, 0.1) is 0 Å². The molecule has 1 unspecified atom stereocenters. The van der Waals surface area contributed by atoms with Gasteiger partial charge in [0.1, 0.15) is 5.82 Å². The lowest BCUT2D eigenvalue weighted by Crippen LogP contribution is -2.21. The van der Waals surface area contributed by atoms with Crippen LogP contribution in [0.25, 0.3) is 0 Å². The highest BCUT2D eigenvalue weighted by molar-refractivity contribution is 6.42. The Morgan fingerprint density at radius 2 is 2.16 bits per heavy atom. The molecule has 0 fully saturated rings. The zero-order valence-corrected chi connectivity index (χ0v) is 12.5. The Morgan fingerprint density at radius 3 is 2.84 bits per heavy atom. The van der Waals surface area contributed by atoms with Crippen LogP contribution >= 0.6 is 23.2 Å². The molecule has 0 spiro atoms. The van der Waals surface area contributed by atoms with Crippen molar-refractivity contribution in [2.75, 3.05) is 7.05 Å². The first-order valence-electron chi connectivity index (χ1n) is 6.28. The van der Waals surface area contributed by atoms with E-state index in [1.54, 1.807) is 6.07 Å². The van der Waals surface area contributed by atoms with Crippen molar-refractivity contribution in [2.24, 2.45) is 0 Å². The van der Waals surface area contributed by atoms with E-state index in [-0.39, 0.29) is 6.04 Å². The average Bonchev–Trinajstić information content (AvgIpc) is 2.87. The number of aryl methyl sites for hydroxylation is 1. The van der Waals surface area contributed by atoms with Crippen molar-refractivity contribution >= 4 is 23.2 Å². The Kier molecular flexibility index (Phi) is 4.86. The topological polar surface area (TPSA) is 29.9 Å². The van der Waals surface area contributed by atoms with E-state index < -0.39 is 0 Å². The van der Waals surface area contributed by atoms with Gasteiger partial charge in [0, 0.05) is 31.4 Å². The van der Waals surface area contributed by atoms with Crippen molar-refractivity contribution in [1.82, 2.24) is 14.9 Å². The zero-order chi connectivity index (χ0) is 13.8. The fourth-order valence-corrected chi connectivity index (χ4v) is 2.60. The van der Waals surface area contributed by atoms with Crippen LogP contribution in [0.2, 0.25) is 10.0 Å². The van der Waals surface area contributed by atoms with E-state index in [2.05, 4.69) is 21.8 Å². The number of imidazole rings is 1. The maximum atomic E-state index is 6.28. The monoisotopic (exact) mass is 297 g/mol. The van der Waals surface area contributed by atoms with E-state index in [0.717, 1.165) is 24.4 Å². The zero-order valence-electron chi connectivity index (χ0n) is 11.0. The number of rotatable bonds is 5. The molecule has 0 saturated carbocycles. The van der Waals surface area contributed by atoms with Crippen LogP contribution in [0.4, 0.5) is 0 Å². The Morgan fingerprint density at radius 1 is 1.37 bits per heavy atom. The third-order valence-corrected chi connectivity index (χ3v) is 4.07. The highest BCUT2D eigenvalue weighted by Crippen LogP contribution is 2.31. The van der Waals surface area contributed by atoms with Crippen LogP contribution < -0.4 is 5.32 Å². The summed E-state index contributed by atoms with van der Waals surface area (Å²) in [6.07, 6.45) is 4.59. The van der Waals surface area contributed by atoms with Gasteiger partial charge < -0.3 is 9.88 Å². The van der Waals surface area contributed by atoms with E-state index in [4.69, 9.17) is 23.2 Å². The van der Waals surface area contributed by atoms with Gasteiger partial charge in [0.05, 0.1) is 10.0 Å². The number of nitrogens with one attached hydrogen (secondary N) is 1. The van der Waals surface area contributed by atoms with Crippen molar-refractivity contribution in [1.29, 1.82) is 0 Å². The van der Waals surface area contributed by atoms with Gasteiger partial charge in [-0.05, 0) is 25.6 Å². The molecular formula is C14H17Cl2N3. The van der Waals surface area contributed by atoms with E-state index in [1.165, 1.54) is 0 Å². The number of likely N-dealkylation sites (N-methyl/N-ethyl adjacent to an activating group) is 1. The molecule has 1 aromatic heterocycles. The molecule has 0 radical (unpaired) electrons. The molecule has 0 aliphatic carbocycles. The van der Waals surface area contributed by atoms with E-state index in [9.17, 15) is 0 Å². The molecule has 3 nitrogen and oxygen atoms in total. The highest BCUT2D eigenvalue weighted by Gasteiger charge is 2.17. The molecule has 0 aliphatic rings. The quantitative estimate of drug-likeness (QED) is 0.912. The van der Waals surface area contributed by atoms with Gasteiger partial charge in [-0.15, -0.1) is 0 Å². The van der Waals surface area contributed by atoms with Gasteiger partial charge >= 0.3 is 0 Å². The first kappa shape index (κ1) is 14.4. The molecular weight excluding hydrogens is 281 g/mol. The number of halogens is 2. The summed E-state index contributed by atoms with van der Waals surface area (Å²) in [6.45, 7) is 3.01. The SMILES string of the molecule is CCn1ccnc1CC(NC)c1cccc(Cl)c1Cl. The largest absolute Gasteiger partial charge is 0.335 e. The lowest BCUT2D eigenvalue weighted by atomic mass is 10.0. The molecule has 0 amide bonds. The molecule has 1 heterocycles. The van der Waals surface area contributed by atoms with Crippen LogP contribution in [0.15, 0.2) is 30.6 Å². The standard InChI is InChI=1S/C14H17Cl2N3/c1-3-19-8-7-18-13(19)9-12(17-2)10-5-4-6-11(15)14(10)16/h4-8,12,17H,3,9H2,1-2H3. The number of hydrogen-bond donors (Lipinski definition) is 1. The predicted octanol–water partition coefficient (Wildman–Crippen LogP) is 3.71. The average molecular weight is 298 g/mol. The summed E-state index contributed by atoms with van der Waals surface area (Å²) >= 11 is 12.4. The lowest BCUT2D eigenvalue weighted by molar-refractivity contribution is 0.553. The summed E-state index contributed by atoms with van der Waals surface area (Å²) in [5.41, 5.74) is 1.00. The van der Waals surface area contributed by atoms with Crippen molar-refractivity contribution in [3.63, 3.8) is 0 Å². The molecule has 5 heteroatoms. The first-order chi connectivity index (χ1) is 9.17. The van der Waals surface area contributed by atoms with Gasteiger partial charge in [0.15, 0.2) is 0 Å². The minimum Gasteiger partial charge on any atom is -0.335 e. The maximum absolute atomic E-state index is 6.28. The second-order valence-corrected chi connectivity index (χ2v) is 5.10. The summed E-state index contributed by atoms with van der Waals surface area (Å²) in [4.78, 5) is 4.40. The Balaban J connectivity index is 2.28. The third kappa shape index (κ3) is 3.11. The Hall–Kier alpha value is -1.03. The normalized spacial score (nSPS) is 12.6. The summed E-state index contributed by atoms with van der Waals surface area (Å²) in [5, 5.41) is 4.47. The fraction of sp³-hybridized carbons (Fsp3) is 0.357. The number of nitrogens with zero attached hydrogens (tertiary/aromatic N) is 2. The van der Waals surface area contributed by atoms with Gasteiger partial charge in [0.2, 0.25) is 0 Å². The van der Waals surface area contributed by atoms with Gasteiger partial charge in [-0.1, -0.05) is 35.3 Å². The lowest BCUT2D eigenvalue weighted by Gasteiger charge is -2.18. The number of hydrogen-bond acceptors (Lipinski definition) is 2. The van der Waals surface area contributed by atoms with Crippen molar-refractivity contribution in [3.05, 3.63) is 52.0 Å². The molecule has 0 bridgehead atoms. The molecule has 1 N–H and O–H groups in total. The van der Waals surface area contributed by atoms with Crippen molar-refractivity contribution in [3.8, 4) is 0 Å². The highest BCUT2D eigenvalue weighted by atomic mass is 35.5. The molecule has 0 aliphatic heterocycles. The molecule has 102 valence electrons. The van der Waals surface area contributed by atoms with Crippen LogP contribution in [0.3, 0.4) is 0 Å². The van der Waals surface area contributed by atoms with Crippen molar-refractivity contribution in [2.45, 2.75) is 25.9 Å². The van der Waals surface area contributed by atoms with Crippen LogP contribution in [-0.4, -0.2) is 16.6 Å². The van der Waals surface area contributed by atoms with Crippen LogP contribution in [0.5, 0.6) is 0 Å². The Bertz CT molecular complexity index is 551. The van der Waals surface area contributed by atoms with Gasteiger partial charge in [0.25, 0.3) is 0 Å². The van der Waals surface area contributed by atoms with Crippen molar-refractivity contribution < 1.29 is 0 Å². The van der Waals surface area contributed by atoms with E-state index in [0.29, 0.717) is 10.0 Å². The minimum atomic E-state index is 0.0962. The first-order valence-corrected chi connectivity index (χ1v) is 7.04. The molecule has 19 heavy (non-hydrogen) atoms. The summed E-state index contributed by atoms with van der Waals surface area (Å²) in [6, 6.07) is 5.81. The van der Waals surface area contributed by atoms with Crippen LogP contribution in [-0.2, 0) is 13.0 Å². The smallest absolute Gasteiger partial charge is 0.110 e. The summed E-state index contributed by atoms with van der Waals surface area (Å²) in [7, 11) is 1.92. The van der Waals surface area contributed by atoms with Gasteiger partial charge in [-0.25, -0.2) is 4.98 Å². The van der Waals surface area contributed by atoms with Gasteiger partial charge in [-0.2, -0.15) is 0 Å². The molecule has 2 rings (SSSR count). The molecule has 0 saturated heterocycles. The van der Waals surface area contributed by atoms with E-state index in [1.807, 2.05) is 31.6 Å². The fourth-order valence-electron chi connectivity index (χ4n) is 2.16. The molecule has 1 atom stereocenters. The number of benzene rings is 1. The Labute approximate surface area is 123 Å². The predicted molar refractivity (Wildman–Crippen MR) is 79.9 cm³/mol. The second kappa shape index (κ2) is 6.42. The minimum absolute atomic E-state index is 0.0962.